The maximum atomic E-state index is 12.9. The minimum absolute atomic E-state index is 0.172. The molecule has 0 spiro atoms. The van der Waals surface area contributed by atoms with Crippen molar-refractivity contribution in [2.24, 2.45) is 0 Å². The number of benzene rings is 1. The Kier molecular flexibility index (Phi) is 4.79. The van der Waals surface area contributed by atoms with Crippen LogP contribution in [-0.4, -0.2) is 35.3 Å². The van der Waals surface area contributed by atoms with Crippen LogP contribution in [-0.2, 0) is 9.59 Å². The molecule has 1 aliphatic rings. The molecule has 3 rings (SSSR count). The van der Waals surface area contributed by atoms with Crippen molar-refractivity contribution >= 4 is 23.3 Å². The summed E-state index contributed by atoms with van der Waals surface area (Å²) >= 11 is 0. The van der Waals surface area contributed by atoms with Gasteiger partial charge in [-0.15, -0.1) is 0 Å². The van der Waals surface area contributed by atoms with Gasteiger partial charge in [0.25, 0.3) is 5.91 Å². The van der Waals surface area contributed by atoms with E-state index in [1.807, 2.05) is 20.8 Å². The number of nitrogens with one attached hydrogen (secondary N) is 1. The lowest BCUT2D eigenvalue weighted by atomic mass is 10.0. The quantitative estimate of drug-likeness (QED) is 0.819. The third kappa shape index (κ3) is 3.93. The predicted octanol–water partition coefficient (Wildman–Crippen LogP) is 2.93. The molecule has 1 aliphatic heterocycles. The number of ether oxygens (including phenoxy) is 1. The molecule has 0 radical (unpaired) electrons. The second-order valence-corrected chi connectivity index (χ2v) is 8.29. The summed E-state index contributed by atoms with van der Waals surface area (Å²) in [6.45, 7) is 8.72. The van der Waals surface area contributed by atoms with Crippen molar-refractivity contribution in [2.75, 3.05) is 11.4 Å². The molecule has 1 aromatic carbocycles. The lowest BCUT2D eigenvalue weighted by molar-refractivity contribution is -0.134. The molecule has 148 valence electrons. The van der Waals surface area contributed by atoms with E-state index in [1.54, 1.807) is 44.2 Å². The van der Waals surface area contributed by atoms with Gasteiger partial charge in [0, 0.05) is 11.1 Å². The lowest BCUT2D eigenvalue weighted by Gasteiger charge is -2.39. The first-order valence-electron chi connectivity index (χ1n) is 9.02. The average molecular weight is 384 g/mol. The van der Waals surface area contributed by atoms with E-state index in [0.717, 1.165) is 0 Å². The van der Waals surface area contributed by atoms with Crippen LogP contribution in [0.4, 0.5) is 5.69 Å². The Labute approximate surface area is 163 Å². The average Bonchev–Trinajstić information content (AvgIpc) is 3.10. The van der Waals surface area contributed by atoms with Crippen molar-refractivity contribution in [2.45, 2.75) is 45.8 Å². The Morgan fingerprint density at radius 1 is 1.18 bits per heavy atom. The fourth-order valence-electron chi connectivity index (χ4n) is 3.02. The number of furan rings is 1. The van der Waals surface area contributed by atoms with E-state index in [0.29, 0.717) is 17.0 Å². The van der Waals surface area contributed by atoms with Gasteiger partial charge in [-0.3, -0.25) is 19.3 Å². The van der Waals surface area contributed by atoms with E-state index in [-0.39, 0.29) is 29.9 Å². The van der Waals surface area contributed by atoms with Gasteiger partial charge in [-0.05, 0) is 65.0 Å². The summed E-state index contributed by atoms with van der Waals surface area (Å²) in [5.41, 5.74) is -0.833. The second-order valence-electron chi connectivity index (χ2n) is 8.29. The van der Waals surface area contributed by atoms with Crippen LogP contribution in [0.3, 0.4) is 0 Å². The van der Waals surface area contributed by atoms with Crippen LogP contribution in [0.5, 0.6) is 5.75 Å². The zero-order chi connectivity index (χ0) is 20.7. The summed E-state index contributed by atoms with van der Waals surface area (Å²) in [4.78, 5) is 39.4. The number of amides is 2. The summed E-state index contributed by atoms with van der Waals surface area (Å²) in [6, 6.07) is 8.00. The number of nitrogens with zero attached hydrogens (tertiary/aromatic N) is 1. The normalized spacial score (nSPS) is 15.6. The van der Waals surface area contributed by atoms with Gasteiger partial charge in [-0.1, -0.05) is 0 Å². The molecule has 28 heavy (non-hydrogen) atoms. The molecule has 1 N–H and O–H groups in total. The molecule has 2 amide bonds. The molecule has 2 aromatic rings. The Morgan fingerprint density at radius 3 is 2.50 bits per heavy atom. The van der Waals surface area contributed by atoms with Crippen molar-refractivity contribution < 1.29 is 23.5 Å². The number of hydrogen-bond donors (Lipinski definition) is 1. The molecule has 7 heteroatoms. The number of carbonyl (C=O) groups excluding carboxylic acids is 3. The minimum Gasteiger partial charge on any atom is -0.476 e. The van der Waals surface area contributed by atoms with Crippen molar-refractivity contribution in [3.8, 4) is 5.75 Å². The topological polar surface area (TPSA) is 88.9 Å². The maximum absolute atomic E-state index is 12.9. The molecule has 1 aromatic heterocycles. The van der Waals surface area contributed by atoms with Gasteiger partial charge in [0.2, 0.25) is 11.7 Å². The van der Waals surface area contributed by atoms with Crippen molar-refractivity contribution in [1.29, 1.82) is 0 Å². The van der Waals surface area contributed by atoms with Gasteiger partial charge < -0.3 is 14.5 Å². The van der Waals surface area contributed by atoms with Gasteiger partial charge in [0.1, 0.15) is 12.3 Å². The molecule has 0 fully saturated rings. The Balaban J connectivity index is 1.98. The highest BCUT2D eigenvalue weighted by atomic mass is 16.5. The number of fused-ring (bicyclic) bond motifs is 1. The van der Waals surface area contributed by atoms with Crippen LogP contribution < -0.4 is 15.0 Å². The van der Waals surface area contributed by atoms with Crippen LogP contribution in [0.25, 0.3) is 0 Å². The summed E-state index contributed by atoms with van der Waals surface area (Å²) < 4.78 is 11.0. The van der Waals surface area contributed by atoms with E-state index in [1.165, 1.54) is 11.2 Å². The first kappa shape index (κ1) is 19.7. The fraction of sp³-hybridized carbons (Fsp3) is 0.381. The standard InChI is InChI=1S/C21H24N2O5/c1-20(2,3)22-17(24)12-23-14-11-13(18(25)16-7-6-10-27-16)8-9-15(14)28-21(4,5)19(23)26/h6-11H,12H2,1-5H3,(H,22,24). The first-order valence-corrected chi connectivity index (χ1v) is 9.02. The van der Waals surface area contributed by atoms with Crippen LogP contribution in [0.15, 0.2) is 41.0 Å². The minimum atomic E-state index is -1.12. The smallest absolute Gasteiger partial charge is 0.271 e. The zero-order valence-electron chi connectivity index (χ0n) is 16.7. The zero-order valence-corrected chi connectivity index (χ0v) is 16.7. The number of carbonyl (C=O) groups is 3. The second kappa shape index (κ2) is 6.82. The summed E-state index contributed by atoms with van der Waals surface area (Å²) in [7, 11) is 0. The van der Waals surface area contributed by atoms with Crippen LogP contribution in [0.1, 0.15) is 50.7 Å². The molecule has 7 nitrogen and oxygen atoms in total. The molecule has 0 atom stereocenters. The molecular formula is C21H24N2O5. The molecule has 0 aliphatic carbocycles. The number of anilines is 1. The van der Waals surface area contributed by atoms with Gasteiger partial charge in [0.15, 0.2) is 11.4 Å². The van der Waals surface area contributed by atoms with E-state index >= 15 is 0 Å². The first-order chi connectivity index (χ1) is 13.0. The van der Waals surface area contributed by atoms with Gasteiger partial charge >= 0.3 is 0 Å². The highest BCUT2D eigenvalue weighted by Crippen LogP contribution is 2.38. The fourth-order valence-corrected chi connectivity index (χ4v) is 3.02. The molecule has 2 heterocycles. The Morgan fingerprint density at radius 2 is 1.89 bits per heavy atom. The van der Waals surface area contributed by atoms with Crippen molar-refractivity contribution in [3.63, 3.8) is 0 Å². The summed E-state index contributed by atoms with van der Waals surface area (Å²) in [6.07, 6.45) is 1.42. The highest BCUT2D eigenvalue weighted by Gasteiger charge is 2.42. The van der Waals surface area contributed by atoms with Crippen molar-refractivity contribution in [3.05, 3.63) is 47.9 Å². The Hall–Kier alpha value is -3.09. The maximum Gasteiger partial charge on any atom is 0.271 e. The lowest BCUT2D eigenvalue weighted by Crippen LogP contribution is -2.56. The molecule has 0 unspecified atom stereocenters. The van der Waals surface area contributed by atoms with E-state index in [4.69, 9.17) is 9.15 Å². The van der Waals surface area contributed by atoms with Crippen LogP contribution in [0.2, 0.25) is 0 Å². The molecular weight excluding hydrogens is 360 g/mol. The summed E-state index contributed by atoms with van der Waals surface area (Å²) in [5.74, 6) is -0.340. The SMILES string of the molecule is CC(C)(C)NC(=O)CN1C(=O)C(C)(C)Oc2ccc(C(=O)c3ccco3)cc21. The van der Waals surface area contributed by atoms with E-state index < -0.39 is 11.1 Å². The molecule has 0 bridgehead atoms. The van der Waals surface area contributed by atoms with Crippen LogP contribution in [0, 0.1) is 0 Å². The predicted molar refractivity (Wildman–Crippen MR) is 104 cm³/mol. The third-order valence-electron chi connectivity index (χ3n) is 4.20. The van der Waals surface area contributed by atoms with Gasteiger partial charge in [0.05, 0.1) is 12.0 Å². The molecule has 0 saturated heterocycles. The number of ketones is 1. The van der Waals surface area contributed by atoms with Gasteiger partial charge in [-0.2, -0.15) is 0 Å². The third-order valence-corrected chi connectivity index (χ3v) is 4.20. The summed E-state index contributed by atoms with van der Waals surface area (Å²) in [5, 5.41) is 2.85. The number of hydrogen-bond acceptors (Lipinski definition) is 5. The van der Waals surface area contributed by atoms with Gasteiger partial charge in [-0.25, -0.2) is 0 Å². The van der Waals surface area contributed by atoms with E-state index in [2.05, 4.69) is 5.32 Å². The monoisotopic (exact) mass is 384 g/mol. The number of rotatable bonds is 4. The molecule has 0 saturated carbocycles. The highest BCUT2D eigenvalue weighted by molar-refractivity contribution is 6.10. The van der Waals surface area contributed by atoms with E-state index in [9.17, 15) is 14.4 Å². The van der Waals surface area contributed by atoms with Crippen molar-refractivity contribution in [1.82, 2.24) is 5.32 Å². The largest absolute Gasteiger partial charge is 0.476 e. The Bertz CT molecular complexity index is 923. The van der Waals surface area contributed by atoms with Crippen LogP contribution >= 0.6 is 0 Å².